The topological polar surface area (TPSA) is 109 Å². The van der Waals surface area contributed by atoms with Crippen molar-refractivity contribution in [2.24, 2.45) is 0 Å². The molecule has 1 fully saturated rings. The highest BCUT2D eigenvalue weighted by molar-refractivity contribution is 7.93. The average molecular weight is 382 g/mol. The van der Waals surface area contributed by atoms with Gasteiger partial charge in [-0.2, -0.15) is 0 Å². The van der Waals surface area contributed by atoms with Gasteiger partial charge in [-0.25, -0.2) is 13.4 Å². The molecule has 0 bridgehead atoms. The van der Waals surface area contributed by atoms with Gasteiger partial charge in [0.25, 0.3) is 10.0 Å². The van der Waals surface area contributed by atoms with Crippen LogP contribution >= 0.6 is 11.3 Å². The van der Waals surface area contributed by atoms with Crippen molar-refractivity contribution < 1.29 is 17.9 Å². The number of benzene rings is 1. The van der Waals surface area contributed by atoms with Gasteiger partial charge in [0, 0.05) is 36.3 Å². The van der Waals surface area contributed by atoms with Gasteiger partial charge in [-0.15, -0.1) is 11.3 Å². The summed E-state index contributed by atoms with van der Waals surface area (Å²) >= 11 is 1.19. The van der Waals surface area contributed by atoms with Crippen LogP contribution in [0.5, 0.6) is 0 Å². The lowest BCUT2D eigenvalue weighted by molar-refractivity contribution is -0.117. The molecule has 1 amide bonds. The Hall–Kier alpha value is -2.01. The number of nitrogens with one attached hydrogen (secondary N) is 3. The molecule has 25 heavy (non-hydrogen) atoms. The van der Waals surface area contributed by atoms with E-state index in [0.717, 1.165) is 0 Å². The average Bonchev–Trinajstić information content (AvgIpc) is 3.08. The largest absolute Gasteiger partial charge is 0.378 e. The number of thiazole rings is 1. The van der Waals surface area contributed by atoms with E-state index >= 15 is 0 Å². The SMILES string of the molecule is O=C(CC1COCCN1)Nc1cccc(S(=O)(=O)Nc2nccs2)c1. The summed E-state index contributed by atoms with van der Waals surface area (Å²) in [5.74, 6) is -0.203. The number of amides is 1. The van der Waals surface area contributed by atoms with E-state index in [1.165, 1.54) is 29.7 Å². The van der Waals surface area contributed by atoms with Crippen molar-refractivity contribution in [1.82, 2.24) is 10.3 Å². The van der Waals surface area contributed by atoms with E-state index in [2.05, 4.69) is 20.3 Å². The number of morpholine rings is 1. The number of nitrogens with zero attached hydrogens (tertiary/aromatic N) is 1. The summed E-state index contributed by atoms with van der Waals surface area (Å²) in [6.07, 6.45) is 1.77. The lowest BCUT2D eigenvalue weighted by Crippen LogP contribution is -2.43. The van der Waals surface area contributed by atoms with Crippen LogP contribution in [-0.4, -0.2) is 45.1 Å². The molecule has 1 aliphatic heterocycles. The number of aromatic nitrogens is 1. The smallest absolute Gasteiger partial charge is 0.263 e. The van der Waals surface area contributed by atoms with Crippen molar-refractivity contribution in [3.8, 4) is 0 Å². The summed E-state index contributed by atoms with van der Waals surface area (Å²) in [5.41, 5.74) is 0.420. The number of ether oxygens (including phenoxy) is 1. The van der Waals surface area contributed by atoms with Crippen LogP contribution in [0.1, 0.15) is 6.42 Å². The maximum Gasteiger partial charge on any atom is 0.263 e. The van der Waals surface area contributed by atoms with Crippen LogP contribution < -0.4 is 15.4 Å². The number of carbonyl (C=O) groups is 1. The summed E-state index contributed by atoms with van der Waals surface area (Å²) in [6, 6.07) is 6.06. The van der Waals surface area contributed by atoms with Gasteiger partial charge in [-0.05, 0) is 18.2 Å². The Labute approximate surface area is 149 Å². The predicted octanol–water partition coefficient (Wildman–Crippen LogP) is 1.26. The van der Waals surface area contributed by atoms with Crippen LogP contribution in [0.25, 0.3) is 0 Å². The lowest BCUT2D eigenvalue weighted by atomic mass is 10.2. The third-order valence-corrected chi connectivity index (χ3v) is 5.67. The molecule has 0 saturated carbocycles. The molecule has 10 heteroatoms. The Morgan fingerprint density at radius 1 is 1.44 bits per heavy atom. The van der Waals surface area contributed by atoms with Crippen LogP contribution in [0, 0.1) is 0 Å². The number of hydrogen-bond donors (Lipinski definition) is 3. The normalized spacial score (nSPS) is 17.8. The molecule has 0 radical (unpaired) electrons. The van der Waals surface area contributed by atoms with Gasteiger partial charge < -0.3 is 15.4 Å². The first-order valence-corrected chi connectivity index (χ1v) is 10.0. The molecule has 1 saturated heterocycles. The molecule has 3 rings (SSSR count). The highest BCUT2D eigenvalue weighted by Gasteiger charge is 2.19. The molecule has 0 aliphatic carbocycles. The van der Waals surface area contributed by atoms with Crippen molar-refractivity contribution >= 4 is 38.1 Å². The summed E-state index contributed by atoms with van der Waals surface area (Å²) < 4.78 is 32.5. The molecule has 1 aromatic carbocycles. The summed E-state index contributed by atoms with van der Waals surface area (Å²) in [6.45, 7) is 1.85. The van der Waals surface area contributed by atoms with Crippen LogP contribution in [0.4, 0.5) is 10.8 Å². The third kappa shape index (κ3) is 4.98. The van der Waals surface area contributed by atoms with Crippen LogP contribution in [0.2, 0.25) is 0 Å². The Balaban J connectivity index is 1.65. The second-order valence-electron chi connectivity index (χ2n) is 5.45. The maximum atomic E-state index is 12.4. The van der Waals surface area contributed by atoms with Gasteiger partial charge in [-0.3, -0.25) is 9.52 Å². The lowest BCUT2D eigenvalue weighted by Gasteiger charge is -2.23. The number of sulfonamides is 1. The molecule has 8 nitrogen and oxygen atoms in total. The van der Waals surface area contributed by atoms with E-state index in [4.69, 9.17) is 4.74 Å². The third-order valence-electron chi connectivity index (χ3n) is 3.51. The van der Waals surface area contributed by atoms with Gasteiger partial charge in [0.1, 0.15) is 0 Å². The first-order chi connectivity index (χ1) is 12.0. The quantitative estimate of drug-likeness (QED) is 0.694. The molecule has 1 atom stereocenters. The number of carbonyl (C=O) groups excluding carboxylic acids is 1. The second kappa shape index (κ2) is 7.91. The van der Waals surface area contributed by atoms with E-state index in [1.807, 2.05) is 0 Å². The zero-order valence-corrected chi connectivity index (χ0v) is 14.9. The monoisotopic (exact) mass is 382 g/mol. The highest BCUT2D eigenvalue weighted by Crippen LogP contribution is 2.20. The molecule has 3 N–H and O–H groups in total. The summed E-state index contributed by atoms with van der Waals surface area (Å²) in [4.78, 5) is 16.1. The number of hydrogen-bond acceptors (Lipinski definition) is 7. The second-order valence-corrected chi connectivity index (χ2v) is 8.03. The fraction of sp³-hybridized carbons (Fsp3) is 0.333. The van der Waals surface area contributed by atoms with Gasteiger partial charge in [0.15, 0.2) is 5.13 Å². The van der Waals surface area contributed by atoms with Gasteiger partial charge in [-0.1, -0.05) is 6.07 Å². The van der Waals surface area contributed by atoms with Crippen molar-refractivity contribution in [2.45, 2.75) is 17.4 Å². The minimum Gasteiger partial charge on any atom is -0.378 e. The molecular weight excluding hydrogens is 364 g/mol. The molecule has 134 valence electrons. The first-order valence-electron chi connectivity index (χ1n) is 7.66. The molecular formula is C15H18N4O4S2. The first kappa shape index (κ1) is 17.8. The molecule has 1 aliphatic rings. The van der Waals surface area contributed by atoms with Crippen molar-refractivity contribution in [3.05, 3.63) is 35.8 Å². The fourth-order valence-electron chi connectivity index (χ4n) is 2.38. The molecule has 2 heterocycles. The van der Waals surface area contributed by atoms with E-state index in [9.17, 15) is 13.2 Å². The fourth-order valence-corrected chi connectivity index (χ4v) is 4.21. The highest BCUT2D eigenvalue weighted by atomic mass is 32.2. The van der Waals surface area contributed by atoms with Crippen LogP contribution in [-0.2, 0) is 19.6 Å². The van der Waals surface area contributed by atoms with Gasteiger partial charge >= 0.3 is 0 Å². The van der Waals surface area contributed by atoms with Crippen LogP contribution in [0.3, 0.4) is 0 Å². The van der Waals surface area contributed by atoms with Crippen molar-refractivity contribution in [1.29, 1.82) is 0 Å². The Kier molecular flexibility index (Phi) is 5.63. The van der Waals surface area contributed by atoms with Gasteiger partial charge in [0.05, 0.1) is 18.1 Å². The Bertz CT molecular complexity index is 818. The molecule has 0 spiro atoms. The van der Waals surface area contributed by atoms with Crippen LogP contribution in [0.15, 0.2) is 40.7 Å². The molecule has 1 unspecified atom stereocenters. The Morgan fingerprint density at radius 3 is 3.04 bits per heavy atom. The van der Waals surface area contributed by atoms with E-state index in [1.54, 1.807) is 17.5 Å². The molecule has 2 aromatic rings. The standard InChI is InChI=1S/C15H18N4O4S2/c20-14(9-12-10-23-6-4-16-12)18-11-2-1-3-13(8-11)25(21,22)19-15-17-5-7-24-15/h1-3,5,7-8,12,16H,4,6,9-10H2,(H,17,19)(H,18,20). The summed E-state index contributed by atoms with van der Waals surface area (Å²) in [5, 5.41) is 7.89. The van der Waals surface area contributed by atoms with E-state index in [-0.39, 0.29) is 28.4 Å². The van der Waals surface area contributed by atoms with E-state index < -0.39 is 10.0 Å². The molecule has 1 aromatic heterocycles. The van der Waals surface area contributed by atoms with Gasteiger partial charge in [0.2, 0.25) is 5.91 Å². The predicted molar refractivity (Wildman–Crippen MR) is 95.2 cm³/mol. The summed E-state index contributed by atoms with van der Waals surface area (Å²) in [7, 11) is -3.75. The zero-order chi connectivity index (χ0) is 17.7. The maximum absolute atomic E-state index is 12.4. The Morgan fingerprint density at radius 2 is 2.32 bits per heavy atom. The zero-order valence-electron chi connectivity index (χ0n) is 13.3. The van der Waals surface area contributed by atoms with Crippen molar-refractivity contribution in [2.75, 3.05) is 29.8 Å². The number of anilines is 2. The minimum absolute atomic E-state index is 0.0350. The number of rotatable bonds is 6. The van der Waals surface area contributed by atoms with E-state index in [0.29, 0.717) is 25.4 Å². The minimum atomic E-state index is -3.75. The van der Waals surface area contributed by atoms with Crippen molar-refractivity contribution in [3.63, 3.8) is 0 Å².